The fourth-order valence-corrected chi connectivity index (χ4v) is 3.68. The highest BCUT2D eigenvalue weighted by atomic mass is 16.2. The lowest BCUT2D eigenvalue weighted by molar-refractivity contribution is -0.117. The first kappa shape index (κ1) is 12.7. The molecule has 0 bridgehead atoms. The molecule has 0 radical (unpaired) electrons. The Bertz CT molecular complexity index is 492. The number of fused-ring (bicyclic) bond motifs is 1. The highest BCUT2D eigenvalue weighted by molar-refractivity contribution is 6.00. The molecule has 0 aromatic heterocycles. The van der Waals surface area contributed by atoms with Gasteiger partial charge in [-0.25, -0.2) is 0 Å². The molecule has 3 heteroatoms. The molecule has 102 valence electrons. The summed E-state index contributed by atoms with van der Waals surface area (Å²) in [5.74, 6) is 1.39. The number of anilines is 1. The quantitative estimate of drug-likeness (QED) is 0.905. The summed E-state index contributed by atoms with van der Waals surface area (Å²) in [5.41, 5.74) is 9.57. The zero-order valence-electron chi connectivity index (χ0n) is 11.6. The summed E-state index contributed by atoms with van der Waals surface area (Å²) < 4.78 is 0. The molecule has 2 aliphatic rings. The molecule has 19 heavy (non-hydrogen) atoms. The monoisotopic (exact) mass is 258 g/mol. The number of nitrogens with zero attached hydrogens (tertiary/aromatic N) is 1. The molecule has 1 aromatic carbocycles. The van der Waals surface area contributed by atoms with E-state index in [1.165, 1.54) is 36.8 Å². The second kappa shape index (κ2) is 4.97. The summed E-state index contributed by atoms with van der Waals surface area (Å²) in [6.45, 7) is 0.716. The molecular weight excluding hydrogens is 236 g/mol. The maximum atomic E-state index is 11.7. The van der Waals surface area contributed by atoms with Crippen LogP contribution in [0.3, 0.4) is 0 Å². The van der Waals surface area contributed by atoms with Crippen molar-refractivity contribution < 1.29 is 4.79 Å². The van der Waals surface area contributed by atoms with Crippen LogP contribution in [-0.4, -0.2) is 19.5 Å². The van der Waals surface area contributed by atoms with E-state index in [0.29, 0.717) is 18.9 Å². The number of carbonyl (C=O) groups excluding carboxylic acids is 1. The maximum absolute atomic E-state index is 11.7. The third-order valence-corrected chi connectivity index (χ3v) is 4.83. The van der Waals surface area contributed by atoms with Crippen LogP contribution in [0.15, 0.2) is 18.2 Å². The topological polar surface area (TPSA) is 46.3 Å². The van der Waals surface area contributed by atoms with Crippen molar-refractivity contribution in [3.63, 3.8) is 0 Å². The summed E-state index contributed by atoms with van der Waals surface area (Å²) in [6.07, 6.45) is 5.83. The van der Waals surface area contributed by atoms with Gasteiger partial charge in [-0.1, -0.05) is 25.0 Å². The second-order valence-corrected chi connectivity index (χ2v) is 5.90. The van der Waals surface area contributed by atoms with Crippen LogP contribution in [0.1, 0.15) is 42.7 Å². The van der Waals surface area contributed by atoms with Crippen molar-refractivity contribution >= 4 is 11.6 Å². The van der Waals surface area contributed by atoms with E-state index in [4.69, 9.17) is 5.73 Å². The van der Waals surface area contributed by atoms with Gasteiger partial charge in [-0.15, -0.1) is 0 Å². The molecule has 1 aliphatic heterocycles. The summed E-state index contributed by atoms with van der Waals surface area (Å²) in [6, 6.07) is 6.48. The number of amides is 1. The summed E-state index contributed by atoms with van der Waals surface area (Å²) in [5, 5.41) is 0. The second-order valence-electron chi connectivity index (χ2n) is 5.90. The average molecular weight is 258 g/mol. The molecule has 1 aromatic rings. The maximum Gasteiger partial charge on any atom is 0.231 e. The zero-order chi connectivity index (χ0) is 13.4. The minimum atomic E-state index is 0.192. The van der Waals surface area contributed by atoms with Crippen LogP contribution in [0.2, 0.25) is 0 Å². The summed E-state index contributed by atoms with van der Waals surface area (Å²) >= 11 is 0. The number of rotatable bonds is 3. The minimum Gasteiger partial charge on any atom is -0.330 e. The largest absolute Gasteiger partial charge is 0.330 e. The lowest BCUT2D eigenvalue weighted by Crippen LogP contribution is -2.20. The van der Waals surface area contributed by atoms with Crippen molar-refractivity contribution in [1.82, 2.24) is 0 Å². The molecule has 0 spiro atoms. The first-order chi connectivity index (χ1) is 9.20. The molecule has 3 nitrogen and oxygen atoms in total. The first-order valence-corrected chi connectivity index (χ1v) is 7.30. The average Bonchev–Trinajstić information content (AvgIpc) is 3.01. The molecule has 0 saturated heterocycles. The van der Waals surface area contributed by atoms with Gasteiger partial charge < -0.3 is 10.6 Å². The van der Waals surface area contributed by atoms with Crippen LogP contribution in [0.5, 0.6) is 0 Å². The van der Waals surface area contributed by atoms with E-state index in [1.54, 1.807) is 4.90 Å². The highest BCUT2D eigenvalue weighted by Crippen LogP contribution is 2.38. The Hall–Kier alpha value is -1.35. The predicted octanol–water partition coefficient (Wildman–Crippen LogP) is 2.44. The number of carbonyl (C=O) groups is 1. The zero-order valence-corrected chi connectivity index (χ0v) is 11.6. The number of benzene rings is 1. The Morgan fingerprint density at radius 2 is 2.11 bits per heavy atom. The molecule has 1 aliphatic carbocycles. The van der Waals surface area contributed by atoms with Gasteiger partial charge >= 0.3 is 0 Å². The smallest absolute Gasteiger partial charge is 0.231 e. The third-order valence-electron chi connectivity index (χ3n) is 4.83. The fourth-order valence-electron chi connectivity index (χ4n) is 3.68. The van der Waals surface area contributed by atoms with Crippen molar-refractivity contribution in [3.05, 3.63) is 29.3 Å². The predicted molar refractivity (Wildman–Crippen MR) is 77.3 cm³/mol. The van der Waals surface area contributed by atoms with E-state index >= 15 is 0 Å². The number of likely N-dealkylation sites (N-methyl/N-ethyl adjacent to an activating group) is 1. The molecule has 1 fully saturated rings. The first-order valence-electron chi connectivity index (χ1n) is 7.30. The van der Waals surface area contributed by atoms with Gasteiger partial charge in [0.05, 0.1) is 6.42 Å². The van der Waals surface area contributed by atoms with Gasteiger partial charge in [0, 0.05) is 12.7 Å². The normalized spacial score (nSPS) is 20.9. The van der Waals surface area contributed by atoms with Crippen molar-refractivity contribution in [2.45, 2.75) is 38.0 Å². The summed E-state index contributed by atoms with van der Waals surface area (Å²) in [7, 11) is 1.85. The van der Waals surface area contributed by atoms with Gasteiger partial charge in [0.2, 0.25) is 5.91 Å². The molecule has 1 saturated carbocycles. The SMILES string of the molecule is CN1C(=O)Cc2cc(C(CN)C3CCCC3)ccc21. The van der Waals surface area contributed by atoms with Crippen molar-refractivity contribution in [2.24, 2.45) is 11.7 Å². The Labute approximate surface area is 114 Å². The Kier molecular flexibility index (Phi) is 3.31. The highest BCUT2D eigenvalue weighted by Gasteiger charge is 2.28. The van der Waals surface area contributed by atoms with Crippen molar-refractivity contribution in [1.29, 1.82) is 0 Å². The number of nitrogens with two attached hydrogens (primary N) is 1. The van der Waals surface area contributed by atoms with Crippen LogP contribution >= 0.6 is 0 Å². The van der Waals surface area contributed by atoms with E-state index in [1.807, 2.05) is 7.05 Å². The van der Waals surface area contributed by atoms with E-state index in [2.05, 4.69) is 18.2 Å². The Morgan fingerprint density at radius 1 is 1.37 bits per heavy atom. The van der Waals surface area contributed by atoms with E-state index < -0.39 is 0 Å². The Balaban J connectivity index is 1.89. The lowest BCUT2D eigenvalue weighted by atomic mass is 9.84. The van der Waals surface area contributed by atoms with Crippen LogP contribution in [0, 0.1) is 5.92 Å². The summed E-state index contributed by atoms with van der Waals surface area (Å²) in [4.78, 5) is 13.5. The molecule has 1 atom stereocenters. The molecule has 1 unspecified atom stereocenters. The number of hydrogen-bond donors (Lipinski definition) is 1. The molecule has 3 rings (SSSR count). The molecule has 1 heterocycles. The van der Waals surface area contributed by atoms with E-state index in [9.17, 15) is 4.79 Å². The van der Waals surface area contributed by atoms with Crippen molar-refractivity contribution in [3.8, 4) is 0 Å². The van der Waals surface area contributed by atoms with Crippen LogP contribution in [0.4, 0.5) is 5.69 Å². The third kappa shape index (κ3) is 2.16. The van der Waals surface area contributed by atoms with Gasteiger partial charge in [-0.3, -0.25) is 4.79 Å². The number of hydrogen-bond acceptors (Lipinski definition) is 2. The fraction of sp³-hybridized carbons (Fsp3) is 0.562. The van der Waals surface area contributed by atoms with Gasteiger partial charge in [0.1, 0.15) is 0 Å². The minimum absolute atomic E-state index is 0.192. The van der Waals surface area contributed by atoms with Gasteiger partial charge in [0.25, 0.3) is 0 Å². The van der Waals surface area contributed by atoms with E-state index in [-0.39, 0.29) is 5.91 Å². The standard InChI is InChI=1S/C16H22N2O/c1-18-15-7-6-12(8-13(15)9-16(18)19)14(10-17)11-4-2-3-5-11/h6-8,11,14H,2-5,9-10,17H2,1H3. The van der Waals surface area contributed by atoms with Gasteiger partial charge in [0.15, 0.2) is 0 Å². The molecule has 2 N–H and O–H groups in total. The lowest BCUT2D eigenvalue weighted by Gasteiger charge is -2.23. The van der Waals surface area contributed by atoms with Crippen LogP contribution < -0.4 is 10.6 Å². The van der Waals surface area contributed by atoms with E-state index in [0.717, 1.165) is 11.6 Å². The van der Waals surface area contributed by atoms with Crippen molar-refractivity contribution in [2.75, 3.05) is 18.5 Å². The van der Waals surface area contributed by atoms with Gasteiger partial charge in [-0.2, -0.15) is 0 Å². The Morgan fingerprint density at radius 3 is 2.79 bits per heavy atom. The van der Waals surface area contributed by atoms with Crippen LogP contribution in [-0.2, 0) is 11.2 Å². The van der Waals surface area contributed by atoms with Crippen LogP contribution in [0.25, 0.3) is 0 Å². The molecular formula is C16H22N2O. The van der Waals surface area contributed by atoms with Gasteiger partial charge in [-0.05, 0) is 48.4 Å². The molecule has 1 amide bonds.